The molecule has 0 unspecified atom stereocenters. The van der Waals surface area contributed by atoms with E-state index in [0.717, 1.165) is 12.8 Å². The van der Waals surface area contributed by atoms with Gasteiger partial charge in [0.15, 0.2) is 0 Å². The van der Waals surface area contributed by atoms with Crippen molar-refractivity contribution in [1.82, 2.24) is 0 Å². The molecule has 0 aromatic heterocycles. The predicted molar refractivity (Wildman–Crippen MR) is 125 cm³/mol. The summed E-state index contributed by atoms with van der Waals surface area (Å²) >= 11 is 0. The number of phenols is 1. The van der Waals surface area contributed by atoms with Crippen LogP contribution in [0, 0.1) is 11.8 Å². The first-order chi connectivity index (χ1) is 14.7. The van der Waals surface area contributed by atoms with E-state index in [0.29, 0.717) is 12.2 Å². The van der Waals surface area contributed by atoms with E-state index in [-0.39, 0.29) is 5.75 Å². The molecule has 30 heavy (non-hydrogen) atoms. The summed E-state index contributed by atoms with van der Waals surface area (Å²) in [7, 11) is 0. The van der Waals surface area contributed by atoms with E-state index in [1.54, 1.807) is 24.3 Å². The van der Waals surface area contributed by atoms with Gasteiger partial charge in [0.2, 0.25) is 0 Å². The van der Waals surface area contributed by atoms with E-state index in [4.69, 9.17) is 4.74 Å². The third-order valence-corrected chi connectivity index (χ3v) is 5.41. The molecule has 1 rings (SSSR count). The second-order valence-corrected chi connectivity index (χ2v) is 8.24. The summed E-state index contributed by atoms with van der Waals surface area (Å²) in [6.07, 6.45) is 21.3. The average molecular weight is 415 g/mol. The molecule has 0 bridgehead atoms. The SMILES string of the molecule is CCCCCCCCCCCCCCCCCCOC(=O)C#Cc1ccc(O)cc1. The van der Waals surface area contributed by atoms with Crippen molar-refractivity contribution in [3.8, 4) is 17.6 Å². The summed E-state index contributed by atoms with van der Waals surface area (Å²) in [5.41, 5.74) is 0.687. The molecule has 1 aromatic rings. The zero-order valence-electron chi connectivity index (χ0n) is 19.1. The van der Waals surface area contributed by atoms with Crippen LogP contribution in [0.15, 0.2) is 24.3 Å². The van der Waals surface area contributed by atoms with Gasteiger partial charge in [-0.25, -0.2) is 4.79 Å². The summed E-state index contributed by atoms with van der Waals surface area (Å²) in [6, 6.07) is 6.44. The molecule has 0 saturated heterocycles. The van der Waals surface area contributed by atoms with Crippen LogP contribution in [0.3, 0.4) is 0 Å². The van der Waals surface area contributed by atoms with Crippen molar-refractivity contribution in [3.05, 3.63) is 29.8 Å². The van der Waals surface area contributed by atoms with E-state index in [1.165, 1.54) is 89.9 Å². The third kappa shape index (κ3) is 15.9. The fourth-order valence-corrected chi connectivity index (χ4v) is 3.52. The summed E-state index contributed by atoms with van der Waals surface area (Å²) in [6.45, 7) is 2.72. The molecule has 0 atom stereocenters. The third-order valence-electron chi connectivity index (χ3n) is 5.41. The fourth-order valence-electron chi connectivity index (χ4n) is 3.52. The maximum Gasteiger partial charge on any atom is 0.384 e. The molecule has 0 aliphatic heterocycles. The second-order valence-electron chi connectivity index (χ2n) is 8.24. The largest absolute Gasteiger partial charge is 0.508 e. The van der Waals surface area contributed by atoms with Crippen LogP contribution in [-0.4, -0.2) is 17.7 Å². The molecule has 1 aromatic carbocycles. The van der Waals surface area contributed by atoms with Crippen molar-refractivity contribution < 1.29 is 14.6 Å². The molecule has 3 nitrogen and oxygen atoms in total. The average Bonchev–Trinajstić information content (AvgIpc) is 2.75. The molecule has 0 fully saturated rings. The van der Waals surface area contributed by atoms with Crippen molar-refractivity contribution >= 4 is 5.97 Å². The zero-order chi connectivity index (χ0) is 21.7. The molecular weight excluding hydrogens is 372 g/mol. The Kier molecular flexibility index (Phi) is 16.6. The van der Waals surface area contributed by atoms with Gasteiger partial charge in [-0.05, 0) is 30.7 Å². The van der Waals surface area contributed by atoms with Gasteiger partial charge in [-0.1, -0.05) is 109 Å². The van der Waals surface area contributed by atoms with E-state index in [2.05, 4.69) is 18.8 Å². The van der Waals surface area contributed by atoms with Crippen LogP contribution >= 0.6 is 0 Å². The second kappa shape index (κ2) is 19.0. The first-order valence-electron chi connectivity index (χ1n) is 12.2. The number of ether oxygens (including phenoxy) is 1. The Bertz CT molecular complexity index is 595. The quantitative estimate of drug-likeness (QED) is 0.163. The Morgan fingerprint density at radius 2 is 1.17 bits per heavy atom. The van der Waals surface area contributed by atoms with Gasteiger partial charge in [-0.15, -0.1) is 0 Å². The van der Waals surface area contributed by atoms with Crippen LogP contribution in [0.2, 0.25) is 0 Å². The highest BCUT2D eigenvalue weighted by atomic mass is 16.5. The molecule has 0 saturated carbocycles. The first-order valence-corrected chi connectivity index (χ1v) is 12.2. The topological polar surface area (TPSA) is 46.5 Å². The molecular formula is C27H42O3. The molecule has 0 spiro atoms. The van der Waals surface area contributed by atoms with E-state index < -0.39 is 5.97 Å². The Balaban J connectivity index is 1.82. The van der Waals surface area contributed by atoms with Gasteiger partial charge in [0.05, 0.1) is 6.61 Å². The lowest BCUT2D eigenvalue weighted by atomic mass is 10.0. The standard InChI is InChI=1S/C27H42O3/c1-2-3-4-5-6-7-8-9-10-11-12-13-14-15-16-17-24-30-27(29)23-20-25-18-21-26(28)22-19-25/h18-19,21-22,28H,2-17,24H2,1H3. The molecule has 3 heteroatoms. The number of benzene rings is 1. The summed E-state index contributed by atoms with van der Waals surface area (Å²) in [5, 5.41) is 9.21. The van der Waals surface area contributed by atoms with E-state index in [9.17, 15) is 9.90 Å². The maximum atomic E-state index is 11.6. The number of aromatic hydroxyl groups is 1. The molecule has 0 radical (unpaired) electrons. The van der Waals surface area contributed by atoms with E-state index >= 15 is 0 Å². The number of esters is 1. The first kappa shape index (κ1) is 26.1. The lowest BCUT2D eigenvalue weighted by molar-refractivity contribution is -0.136. The smallest absolute Gasteiger partial charge is 0.384 e. The highest BCUT2D eigenvalue weighted by molar-refractivity contribution is 5.89. The number of unbranched alkanes of at least 4 members (excludes halogenated alkanes) is 15. The van der Waals surface area contributed by atoms with Crippen LogP contribution in [0.1, 0.15) is 115 Å². The van der Waals surface area contributed by atoms with Gasteiger partial charge < -0.3 is 9.84 Å². The molecule has 0 heterocycles. The number of carbonyl (C=O) groups excluding carboxylic acids is 1. The lowest BCUT2D eigenvalue weighted by Crippen LogP contribution is -2.02. The Morgan fingerprint density at radius 3 is 1.63 bits per heavy atom. The fraction of sp³-hybridized carbons (Fsp3) is 0.667. The summed E-state index contributed by atoms with van der Waals surface area (Å²) in [5.74, 6) is 4.93. The number of hydrogen-bond donors (Lipinski definition) is 1. The summed E-state index contributed by atoms with van der Waals surface area (Å²) in [4.78, 5) is 11.6. The van der Waals surface area contributed by atoms with Gasteiger partial charge >= 0.3 is 5.97 Å². The monoisotopic (exact) mass is 414 g/mol. The number of carbonyl (C=O) groups is 1. The van der Waals surface area contributed by atoms with Crippen molar-refractivity contribution in [2.24, 2.45) is 0 Å². The molecule has 168 valence electrons. The van der Waals surface area contributed by atoms with Gasteiger partial charge in [0.1, 0.15) is 5.75 Å². The Hall–Kier alpha value is -1.95. The van der Waals surface area contributed by atoms with Gasteiger partial charge in [0, 0.05) is 11.5 Å². The predicted octanol–water partition coefficient (Wildman–Crippen LogP) is 7.55. The summed E-state index contributed by atoms with van der Waals surface area (Å²) < 4.78 is 5.14. The number of hydrogen-bond acceptors (Lipinski definition) is 3. The van der Waals surface area contributed by atoms with Crippen molar-refractivity contribution in [3.63, 3.8) is 0 Å². The minimum absolute atomic E-state index is 0.187. The van der Waals surface area contributed by atoms with Gasteiger partial charge in [0.25, 0.3) is 0 Å². The number of phenolic OH excluding ortho intramolecular Hbond substituents is 1. The molecule has 1 N–H and O–H groups in total. The van der Waals surface area contributed by atoms with Crippen molar-refractivity contribution in [2.45, 2.75) is 110 Å². The maximum absolute atomic E-state index is 11.6. The van der Waals surface area contributed by atoms with Crippen molar-refractivity contribution in [1.29, 1.82) is 0 Å². The minimum atomic E-state index is -0.482. The van der Waals surface area contributed by atoms with Crippen LogP contribution in [0.5, 0.6) is 5.75 Å². The van der Waals surface area contributed by atoms with Crippen LogP contribution in [0.25, 0.3) is 0 Å². The van der Waals surface area contributed by atoms with E-state index in [1.807, 2.05) is 0 Å². The van der Waals surface area contributed by atoms with Gasteiger partial charge in [-0.3, -0.25) is 0 Å². The number of rotatable bonds is 17. The molecule has 0 amide bonds. The Labute approximate surface area is 184 Å². The minimum Gasteiger partial charge on any atom is -0.508 e. The highest BCUT2D eigenvalue weighted by Crippen LogP contribution is 2.13. The van der Waals surface area contributed by atoms with Crippen LogP contribution in [-0.2, 0) is 9.53 Å². The Morgan fingerprint density at radius 1 is 0.733 bits per heavy atom. The molecule has 0 aliphatic carbocycles. The van der Waals surface area contributed by atoms with Gasteiger partial charge in [-0.2, -0.15) is 0 Å². The lowest BCUT2D eigenvalue weighted by Gasteiger charge is -2.04. The zero-order valence-corrected chi connectivity index (χ0v) is 19.1. The molecule has 0 aliphatic rings. The van der Waals surface area contributed by atoms with Crippen LogP contribution in [0.4, 0.5) is 0 Å². The van der Waals surface area contributed by atoms with Crippen LogP contribution < -0.4 is 0 Å². The normalized spacial score (nSPS) is 10.4. The highest BCUT2D eigenvalue weighted by Gasteiger charge is 1.98. The van der Waals surface area contributed by atoms with Crippen molar-refractivity contribution in [2.75, 3.05) is 6.61 Å².